The molecule has 0 amide bonds. The van der Waals surface area contributed by atoms with Gasteiger partial charge in [0, 0.05) is 0 Å². The van der Waals surface area contributed by atoms with Crippen molar-refractivity contribution in [2.45, 2.75) is 51.5 Å². The van der Waals surface area contributed by atoms with Crippen LogP contribution in [0.1, 0.15) is 39.2 Å². The van der Waals surface area contributed by atoms with Gasteiger partial charge in [0.15, 0.2) is 11.5 Å². The lowest BCUT2D eigenvalue weighted by Crippen LogP contribution is -2.25. The minimum absolute atomic E-state index is 0.0193. The molecule has 0 bridgehead atoms. The van der Waals surface area contributed by atoms with Crippen molar-refractivity contribution in [3.05, 3.63) is 23.8 Å². The second-order valence-corrected chi connectivity index (χ2v) is 5.66. The smallest absolute Gasteiger partial charge is 0.420 e. The van der Waals surface area contributed by atoms with E-state index in [0.29, 0.717) is 0 Å². The van der Waals surface area contributed by atoms with Crippen molar-refractivity contribution in [2.75, 3.05) is 0 Å². The normalized spacial score (nSPS) is 16.3. The van der Waals surface area contributed by atoms with E-state index < -0.39 is 17.3 Å². The first-order valence-electron chi connectivity index (χ1n) is 6.23. The summed E-state index contributed by atoms with van der Waals surface area (Å²) in [7, 11) is 0. The van der Waals surface area contributed by atoms with Crippen LogP contribution < -0.4 is 9.47 Å². The van der Waals surface area contributed by atoms with E-state index in [9.17, 15) is 13.2 Å². The predicted octanol–water partition coefficient (Wildman–Crippen LogP) is 4.42. The highest BCUT2D eigenvalue weighted by atomic mass is 19.4. The van der Waals surface area contributed by atoms with Gasteiger partial charge in [-0.15, -0.1) is 0 Å². The van der Waals surface area contributed by atoms with Crippen LogP contribution in [0.3, 0.4) is 0 Å². The summed E-state index contributed by atoms with van der Waals surface area (Å²) in [5.74, 6) is -0.0401. The molecule has 0 unspecified atom stereocenters. The molecule has 0 spiro atoms. The maximum atomic E-state index is 13.0. The topological polar surface area (TPSA) is 18.5 Å². The van der Waals surface area contributed by atoms with Crippen molar-refractivity contribution >= 4 is 0 Å². The lowest BCUT2D eigenvalue weighted by molar-refractivity contribution is -0.139. The van der Waals surface area contributed by atoms with Crippen LogP contribution >= 0.6 is 0 Å². The highest BCUT2D eigenvalue weighted by Gasteiger charge is 2.38. The fraction of sp³-hybridized carbons (Fsp3) is 0.571. The third kappa shape index (κ3) is 3.78. The average molecular weight is 274 g/mol. The summed E-state index contributed by atoms with van der Waals surface area (Å²) in [6, 6.07) is 3.88. The van der Waals surface area contributed by atoms with Gasteiger partial charge in [0.1, 0.15) is 11.2 Å². The van der Waals surface area contributed by atoms with E-state index in [2.05, 4.69) is 0 Å². The van der Waals surface area contributed by atoms with E-state index in [4.69, 9.17) is 9.47 Å². The summed E-state index contributed by atoms with van der Waals surface area (Å²) in [5, 5.41) is 0. The average Bonchev–Trinajstić information content (AvgIpc) is 3.00. The molecular weight excluding hydrogens is 257 g/mol. The summed E-state index contributed by atoms with van der Waals surface area (Å²) in [4.78, 5) is 0. The largest absolute Gasteiger partial charge is 0.487 e. The Morgan fingerprint density at radius 2 is 1.74 bits per heavy atom. The lowest BCUT2D eigenvalue weighted by atomic mass is 10.1. The van der Waals surface area contributed by atoms with Crippen LogP contribution in [0.5, 0.6) is 11.5 Å². The molecule has 0 N–H and O–H groups in total. The third-order valence-electron chi connectivity index (χ3n) is 2.51. The molecule has 0 aromatic heterocycles. The SMILES string of the molecule is CC(C)(C)Oc1c(OC2CC2)cccc1C(F)(F)F. The Morgan fingerprint density at radius 1 is 1.11 bits per heavy atom. The molecule has 1 aromatic carbocycles. The number of rotatable bonds is 3. The minimum Gasteiger partial charge on any atom is -0.487 e. The second-order valence-electron chi connectivity index (χ2n) is 5.66. The van der Waals surface area contributed by atoms with Crippen molar-refractivity contribution in [3.8, 4) is 11.5 Å². The second kappa shape index (κ2) is 4.62. The van der Waals surface area contributed by atoms with Crippen LogP contribution in [0.25, 0.3) is 0 Å². The van der Waals surface area contributed by atoms with Gasteiger partial charge in [-0.2, -0.15) is 13.2 Å². The summed E-state index contributed by atoms with van der Waals surface area (Å²) in [5.41, 5.74) is -1.51. The molecule has 1 aliphatic carbocycles. The Labute approximate surface area is 110 Å². The fourth-order valence-corrected chi connectivity index (χ4v) is 1.61. The van der Waals surface area contributed by atoms with Crippen LogP contribution in [0, 0.1) is 0 Å². The van der Waals surface area contributed by atoms with E-state index in [-0.39, 0.29) is 17.6 Å². The Morgan fingerprint density at radius 3 is 2.21 bits per heavy atom. The molecule has 0 heterocycles. The Balaban J connectivity index is 2.41. The Bertz CT molecular complexity index is 457. The highest BCUT2D eigenvalue weighted by molar-refractivity contribution is 5.48. The number of para-hydroxylation sites is 1. The van der Waals surface area contributed by atoms with Gasteiger partial charge in [0.05, 0.1) is 6.10 Å². The number of hydrogen-bond acceptors (Lipinski definition) is 2. The van der Waals surface area contributed by atoms with Gasteiger partial charge in [-0.3, -0.25) is 0 Å². The van der Waals surface area contributed by atoms with Crippen LogP contribution in [-0.4, -0.2) is 11.7 Å². The van der Waals surface area contributed by atoms with Gasteiger partial charge in [-0.05, 0) is 45.7 Å². The van der Waals surface area contributed by atoms with E-state index in [1.54, 1.807) is 20.8 Å². The molecule has 1 aliphatic rings. The fourth-order valence-electron chi connectivity index (χ4n) is 1.61. The predicted molar refractivity (Wildman–Crippen MR) is 65.5 cm³/mol. The molecule has 0 atom stereocenters. The summed E-state index contributed by atoms with van der Waals surface area (Å²) in [6.07, 6.45) is -2.68. The zero-order valence-corrected chi connectivity index (χ0v) is 11.2. The van der Waals surface area contributed by atoms with Crippen molar-refractivity contribution in [1.29, 1.82) is 0 Å². The quantitative estimate of drug-likeness (QED) is 0.812. The standard InChI is InChI=1S/C14H17F3O2/c1-13(2,3)19-12-10(14(15,16)17)5-4-6-11(12)18-9-7-8-9/h4-6,9H,7-8H2,1-3H3. The lowest BCUT2D eigenvalue weighted by Gasteiger charge is -2.25. The number of halogens is 3. The van der Waals surface area contributed by atoms with Gasteiger partial charge < -0.3 is 9.47 Å². The van der Waals surface area contributed by atoms with Gasteiger partial charge in [0.2, 0.25) is 0 Å². The monoisotopic (exact) mass is 274 g/mol. The summed E-state index contributed by atoms with van der Waals surface area (Å²) >= 11 is 0. The van der Waals surface area contributed by atoms with Crippen molar-refractivity contribution in [3.63, 3.8) is 0 Å². The zero-order valence-electron chi connectivity index (χ0n) is 11.2. The van der Waals surface area contributed by atoms with E-state index in [0.717, 1.165) is 18.9 Å². The molecule has 0 radical (unpaired) electrons. The zero-order chi connectivity index (χ0) is 14.3. The molecule has 19 heavy (non-hydrogen) atoms. The number of benzene rings is 1. The summed E-state index contributed by atoms with van der Waals surface area (Å²) in [6.45, 7) is 5.13. The molecule has 0 saturated heterocycles. The van der Waals surface area contributed by atoms with Crippen LogP contribution in [0.2, 0.25) is 0 Å². The highest BCUT2D eigenvalue weighted by Crippen LogP contribution is 2.44. The molecule has 106 valence electrons. The maximum Gasteiger partial charge on any atom is 0.420 e. The summed E-state index contributed by atoms with van der Waals surface area (Å²) < 4.78 is 50.1. The van der Waals surface area contributed by atoms with Crippen LogP contribution in [0.4, 0.5) is 13.2 Å². The number of ether oxygens (including phenoxy) is 2. The molecule has 0 aliphatic heterocycles. The molecular formula is C14H17F3O2. The molecule has 2 rings (SSSR count). The van der Waals surface area contributed by atoms with Crippen LogP contribution in [-0.2, 0) is 6.18 Å². The van der Waals surface area contributed by atoms with E-state index >= 15 is 0 Å². The first kappa shape index (κ1) is 14.0. The first-order chi connectivity index (χ1) is 8.67. The molecule has 5 heteroatoms. The Kier molecular flexibility index (Phi) is 3.41. The Hall–Kier alpha value is -1.39. The maximum absolute atomic E-state index is 13.0. The van der Waals surface area contributed by atoms with E-state index in [1.165, 1.54) is 12.1 Å². The van der Waals surface area contributed by atoms with Gasteiger partial charge in [-0.1, -0.05) is 6.07 Å². The molecule has 1 fully saturated rings. The van der Waals surface area contributed by atoms with Gasteiger partial charge in [-0.25, -0.2) is 0 Å². The van der Waals surface area contributed by atoms with Crippen molar-refractivity contribution in [1.82, 2.24) is 0 Å². The van der Waals surface area contributed by atoms with Crippen molar-refractivity contribution in [2.24, 2.45) is 0 Å². The number of alkyl halides is 3. The van der Waals surface area contributed by atoms with Crippen molar-refractivity contribution < 1.29 is 22.6 Å². The molecule has 1 saturated carbocycles. The minimum atomic E-state index is -4.45. The van der Waals surface area contributed by atoms with Crippen LogP contribution in [0.15, 0.2) is 18.2 Å². The third-order valence-corrected chi connectivity index (χ3v) is 2.51. The number of hydrogen-bond donors (Lipinski definition) is 0. The van der Waals surface area contributed by atoms with Gasteiger partial charge >= 0.3 is 6.18 Å². The first-order valence-corrected chi connectivity index (χ1v) is 6.23. The van der Waals surface area contributed by atoms with Gasteiger partial charge in [0.25, 0.3) is 0 Å². The molecule has 2 nitrogen and oxygen atoms in total. The molecule has 1 aromatic rings. The van der Waals surface area contributed by atoms with E-state index in [1.807, 2.05) is 0 Å².